The van der Waals surface area contributed by atoms with Crippen molar-refractivity contribution in [3.8, 4) is 16.9 Å². The zero-order chi connectivity index (χ0) is 26.3. The Hall–Kier alpha value is -3.85. The molecule has 0 radical (unpaired) electrons. The lowest BCUT2D eigenvalue weighted by atomic mass is 9.93. The van der Waals surface area contributed by atoms with Crippen LogP contribution >= 0.6 is 0 Å². The summed E-state index contributed by atoms with van der Waals surface area (Å²) in [5, 5.41) is 12.9. The normalized spacial score (nSPS) is 13.8. The van der Waals surface area contributed by atoms with Crippen molar-refractivity contribution in [1.29, 1.82) is 0 Å². The van der Waals surface area contributed by atoms with Crippen molar-refractivity contribution in [1.82, 2.24) is 0 Å². The summed E-state index contributed by atoms with van der Waals surface area (Å²) >= 11 is 0. The molecule has 2 amide bonds. The third kappa shape index (κ3) is 5.52. The summed E-state index contributed by atoms with van der Waals surface area (Å²) in [6.07, 6.45) is 1.61. The van der Waals surface area contributed by atoms with Crippen molar-refractivity contribution in [2.24, 2.45) is 5.41 Å². The first-order valence-corrected chi connectivity index (χ1v) is 13.4. The van der Waals surface area contributed by atoms with Crippen molar-refractivity contribution >= 4 is 38.9 Å². The Bertz CT molecular complexity index is 1440. The van der Waals surface area contributed by atoms with Gasteiger partial charge in [-0.15, -0.1) is 0 Å². The first kappa shape index (κ1) is 25.2. The summed E-state index contributed by atoms with van der Waals surface area (Å²) in [6, 6.07) is 17.7. The van der Waals surface area contributed by atoms with Crippen molar-refractivity contribution in [3.05, 3.63) is 71.8 Å². The van der Waals surface area contributed by atoms with Crippen LogP contribution in [0.1, 0.15) is 36.7 Å². The monoisotopic (exact) mass is 507 g/mol. The van der Waals surface area contributed by atoms with E-state index in [0.29, 0.717) is 24.2 Å². The van der Waals surface area contributed by atoms with E-state index in [1.807, 2.05) is 57.2 Å². The van der Waals surface area contributed by atoms with E-state index >= 15 is 0 Å². The quantitative estimate of drug-likeness (QED) is 0.436. The number of benzene rings is 3. The number of carbonyl (C=O) groups is 2. The molecule has 3 aromatic carbocycles. The molecule has 3 aromatic rings. The minimum Gasteiger partial charge on any atom is -0.506 e. The SMILES string of the molecule is CC(C)(C)C(=O)Nc1ccc(-c2ccc3c(c2)CCN(c2ccc(O)c(NS(C)(=O)=O)c2)C3=O)cc1. The zero-order valence-electron chi connectivity index (χ0n) is 20.6. The lowest BCUT2D eigenvalue weighted by molar-refractivity contribution is -0.123. The second-order valence-corrected chi connectivity index (χ2v) is 11.7. The molecule has 0 fully saturated rings. The molecule has 8 nitrogen and oxygen atoms in total. The number of rotatable bonds is 5. The Morgan fingerprint density at radius 1 is 0.972 bits per heavy atom. The fourth-order valence-electron chi connectivity index (χ4n) is 3.95. The number of fused-ring (bicyclic) bond motifs is 1. The topological polar surface area (TPSA) is 116 Å². The molecule has 0 aromatic heterocycles. The van der Waals surface area contributed by atoms with Gasteiger partial charge in [-0.3, -0.25) is 14.3 Å². The predicted molar refractivity (Wildman–Crippen MR) is 142 cm³/mol. The molecule has 3 N–H and O–H groups in total. The largest absolute Gasteiger partial charge is 0.506 e. The number of carbonyl (C=O) groups excluding carboxylic acids is 2. The number of anilines is 3. The Balaban J connectivity index is 1.55. The van der Waals surface area contributed by atoms with Crippen molar-refractivity contribution in [3.63, 3.8) is 0 Å². The molecular weight excluding hydrogens is 478 g/mol. The van der Waals surface area contributed by atoms with Crippen LogP contribution in [-0.4, -0.2) is 38.1 Å². The number of hydrogen-bond acceptors (Lipinski definition) is 5. The maximum Gasteiger partial charge on any atom is 0.258 e. The van der Waals surface area contributed by atoms with Crippen molar-refractivity contribution < 1.29 is 23.1 Å². The number of amides is 2. The standard InChI is InChI=1S/C27H29N3O5S/c1-27(2,3)26(33)28-20-8-5-17(6-9-20)18-7-11-22-19(15-18)13-14-30(25(22)32)21-10-12-24(31)23(16-21)29-36(4,34)35/h5-12,15-16,29,31H,13-14H2,1-4H3,(H,28,33). The average molecular weight is 508 g/mol. The van der Waals surface area contributed by atoms with E-state index in [1.165, 1.54) is 12.1 Å². The van der Waals surface area contributed by atoms with Gasteiger partial charge in [-0.25, -0.2) is 8.42 Å². The van der Waals surface area contributed by atoms with Crippen LogP contribution in [0.2, 0.25) is 0 Å². The Morgan fingerprint density at radius 2 is 1.64 bits per heavy atom. The molecule has 4 rings (SSSR count). The van der Waals surface area contributed by atoms with E-state index in [-0.39, 0.29) is 23.3 Å². The van der Waals surface area contributed by atoms with Gasteiger partial charge in [-0.2, -0.15) is 0 Å². The Labute approximate surface area is 211 Å². The number of phenolic OH excluding ortho intramolecular Hbond substituents is 1. The van der Waals surface area contributed by atoms with Crippen molar-refractivity contribution in [2.45, 2.75) is 27.2 Å². The van der Waals surface area contributed by atoms with Gasteiger partial charge in [0.15, 0.2) is 0 Å². The van der Waals surface area contributed by atoms with Crippen molar-refractivity contribution in [2.75, 3.05) is 27.7 Å². The molecule has 0 bridgehead atoms. The van der Waals surface area contributed by atoms with Crippen LogP contribution in [0.25, 0.3) is 11.1 Å². The van der Waals surface area contributed by atoms with Gasteiger partial charge in [-0.1, -0.05) is 45.0 Å². The maximum atomic E-state index is 13.3. The summed E-state index contributed by atoms with van der Waals surface area (Å²) in [7, 11) is -3.59. The summed E-state index contributed by atoms with van der Waals surface area (Å²) in [5.74, 6) is -0.471. The number of phenols is 1. The highest BCUT2D eigenvalue weighted by atomic mass is 32.2. The predicted octanol–water partition coefficient (Wildman–Crippen LogP) is 4.62. The molecule has 1 aliphatic rings. The molecule has 1 aliphatic heterocycles. The third-order valence-electron chi connectivity index (χ3n) is 5.93. The molecule has 0 atom stereocenters. The van der Waals surface area contributed by atoms with Crippen LogP contribution in [0.3, 0.4) is 0 Å². The van der Waals surface area contributed by atoms with Crippen LogP contribution in [0, 0.1) is 5.41 Å². The second-order valence-electron chi connectivity index (χ2n) is 9.94. The number of sulfonamides is 1. The molecule has 1 heterocycles. The van der Waals surface area contributed by atoms with E-state index in [1.54, 1.807) is 17.0 Å². The van der Waals surface area contributed by atoms with Gasteiger partial charge >= 0.3 is 0 Å². The van der Waals surface area contributed by atoms with Crippen LogP contribution in [-0.2, 0) is 21.2 Å². The average Bonchev–Trinajstić information content (AvgIpc) is 2.80. The molecular formula is C27H29N3O5S. The molecule has 36 heavy (non-hydrogen) atoms. The van der Waals surface area contributed by atoms with Crippen LogP contribution in [0.4, 0.5) is 17.1 Å². The third-order valence-corrected chi connectivity index (χ3v) is 6.52. The van der Waals surface area contributed by atoms with Gasteiger partial charge < -0.3 is 15.3 Å². The van der Waals surface area contributed by atoms with Gasteiger partial charge in [0.1, 0.15) is 5.75 Å². The van der Waals surface area contributed by atoms with Gasteiger partial charge in [0, 0.05) is 28.9 Å². The Kier molecular flexibility index (Phi) is 6.53. The highest BCUT2D eigenvalue weighted by Crippen LogP contribution is 2.33. The molecule has 0 spiro atoms. The Morgan fingerprint density at radius 3 is 2.28 bits per heavy atom. The number of aromatic hydroxyl groups is 1. The van der Waals surface area contributed by atoms with Crippen LogP contribution in [0.5, 0.6) is 5.75 Å². The minimum atomic E-state index is -3.59. The summed E-state index contributed by atoms with van der Waals surface area (Å²) in [4.78, 5) is 27.0. The molecule has 9 heteroatoms. The van der Waals surface area contributed by atoms with E-state index in [2.05, 4.69) is 10.0 Å². The van der Waals surface area contributed by atoms with Gasteiger partial charge in [0.05, 0.1) is 11.9 Å². The fraction of sp³-hybridized carbons (Fsp3) is 0.259. The van der Waals surface area contributed by atoms with E-state index in [9.17, 15) is 23.1 Å². The molecule has 0 saturated heterocycles. The molecule has 0 saturated carbocycles. The molecule has 0 aliphatic carbocycles. The molecule has 0 unspecified atom stereocenters. The minimum absolute atomic E-state index is 0.0195. The lowest BCUT2D eigenvalue weighted by Gasteiger charge is -2.29. The van der Waals surface area contributed by atoms with E-state index < -0.39 is 15.4 Å². The maximum absolute atomic E-state index is 13.3. The smallest absolute Gasteiger partial charge is 0.258 e. The fourth-order valence-corrected chi connectivity index (χ4v) is 4.52. The highest BCUT2D eigenvalue weighted by molar-refractivity contribution is 7.92. The first-order chi connectivity index (χ1) is 16.8. The first-order valence-electron chi connectivity index (χ1n) is 11.5. The van der Waals surface area contributed by atoms with Crippen LogP contribution < -0.4 is 14.9 Å². The zero-order valence-corrected chi connectivity index (χ0v) is 21.4. The van der Waals surface area contributed by atoms with Crippen LogP contribution in [0.15, 0.2) is 60.7 Å². The van der Waals surface area contributed by atoms with Gasteiger partial charge in [-0.05, 0) is 59.5 Å². The molecule has 188 valence electrons. The highest BCUT2D eigenvalue weighted by Gasteiger charge is 2.27. The van der Waals surface area contributed by atoms with Gasteiger partial charge in [0.25, 0.3) is 5.91 Å². The number of nitrogens with zero attached hydrogens (tertiary/aromatic N) is 1. The summed E-state index contributed by atoms with van der Waals surface area (Å²) in [6.45, 7) is 5.99. The van der Waals surface area contributed by atoms with E-state index in [0.717, 1.165) is 28.6 Å². The summed E-state index contributed by atoms with van der Waals surface area (Å²) < 4.78 is 25.5. The number of nitrogens with one attached hydrogen (secondary N) is 2. The second kappa shape index (κ2) is 9.31. The van der Waals surface area contributed by atoms with Gasteiger partial charge in [0.2, 0.25) is 15.9 Å². The summed E-state index contributed by atoms with van der Waals surface area (Å²) in [5.41, 5.74) is 4.18. The lowest BCUT2D eigenvalue weighted by Crippen LogP contribution is -2.37. The van der Waals surface area contributed by atoms with E-state index in [4.69, 9.17) is 0 Å². The number of hydrogen-bond donors (Lipinski definition) is 3.